The zero-order chi connectivity index (χ0) is 13.8. The van der Waals surface area contributed by atoms with Crippen LogP contribution in [-0.4, -0.2) is 50.3 Å². The van der Waals surface area contributed by atoms with E-state index in [1.807, 2.05) is 0 Å². The highest BCUT2D eigenvalue weighted by Gasteiger charge is 2.35. The molecule has 1 saturated carbocycles. The highest BCUT2D eigenvalue weighted by Crippen LogP contribution is 2.37. The standard InChI is InChI=1S/C15H32N2O/c1-12(2)18-10-9-17(6)14-11-15(3,4)8-7-13(14)16-5/h12-14,16H,7-11H2,1-6H3. The molecule has 2 unspecified atom stereocenters. The van der Waals surface area contributed by atoms with E-state index in [1.54, 1.807) is 0 Å². The molecule has 0 saturated heterocycles. The smallest absolute Gasteiger partial charge is 0.0596 e. The molecule has 0 spiro atoms. The van der Waals surface area contributed by atoms with E-state index < -0.39 is 0 Å². The zero-order valence-electron chi connectivity index (χ0n) is 13.1. The lowest BCUT2D eigenvalue weighted by Crippen LogP contribution is -2.53. The summed E-state index contributed by atoms with van der Waals surface area (Å²) in [6.07, 6.45) is 4.22. The van der Waals surface area contributed by atoms with Crippen molar-refractivity contribution in [2.24, 2.45) is 5.41 Å². The van der Waals surface area contributed by atoms with Crippen LogP contribution in [0.15, 0.2) is 0 Å². The van der Waals surface area contributed by atoms with Crippen LogP contribution in [0.5, 0.6) is 0 Å². The van der Waals surface area contributed by atoms with Gasteiger partial charge in [-0.1, -0.05) is 13.8 Å². The number of hydrogen-bond acceptors (Lipinski definition) is 3. The third-order valence-corrected chi connectivity index (χ3v) is 4.19. The maximum atomic E-state index is 5.66. The van der Waals surface area contributed by atoms with Crippen LogP contribution < -0.4 is 5.32 Å². The molecule has 0 radical (unpaired) electrons. The summed E-state index contributed by atoms with van der Waals surface area (Å²) in [5.74, 6) is 0. The van der Waals surface area contributed by atoms with Crippen LogP contribution in [-0.2, 0) is 4.74 Å². The first-order chi connectivity index (χ1) is 8.35. The molecule has 1 aliphatic rings. The van der Waals surface area contributed by atoms with Crippen molar-refractivity contribution in [3.05, 3.63) is 0 Å². The Morgan fingerprint density at radius 1 is 1.39 bits per heavy atom. The number of likely N-dealkylation sites (N-methyl/N-ethyl adjacent to an activating group) is 2. The minimum atomic E-state index is 0.335. The van der Waals surface area contributed by atoms with Gasteiger partial charge < -0.3 is 10.1 Å². The van der Waals surface area contributed by atoms with Crippen molar-refractivity contribution in [2.45, 2.75) is 65.1 Å². The van der Waals surface area contributed by atoms with Gasteiger partial charge in [0.15, 0.2) is 0 Å². The van der Waals surface area contributed by atoms with E-state index in [9.17, 15) is 0 Å². The third kappa shape index (κ3) is 4.87. The maximum absolute atomic E-state index is 5.66. The first-order valence-corrected chi connectivity index (χ1v) is 7.35. The van der Waals surface area contributed by atoms with Crippen molar-refractivity contribution < 1.29 is 4.74 Å². The molecule has 1 N–H and O–H groups in total. The number of rotatable bonds is 6. The summed E-state index contributed by atoms with van der Waals surface area (Å²) in [6.45, 7) is 10.8. The lowest BCUT2D eigenvalue weighted by Gasteiger charge is -2.44. The Balaban J connectivity index is 2.48. The summed E-state index contributed by atoms with van der Waals surface area (Å²) < 4.78 is 5.66. The second-order valence-electron chi connectivity index (χ2n) is 6.77. The summed E-state index contributed by atoms with van der Waals surface area (Å²) in [7, 11) is 4.33. The highest BCUT2D eigenvalue weighted by atomic mass is 16.5. The Hall–Kier alpha value is -0.120. The van der Waals surface area contributed by atoms with Gasteiger partial charge in [0.25, 0.3) is 0 Å². The SMILES string of the molecule is CNC1CCC(C)(C)CC1N(C)CCOC(C)C. The van der Waals surface area contributed by atoms with Crippen molar-refractivity contribution in [1.82, 2.24) is 10.2 Å². The molecule has 0 amide bonds. The van der Waals surface area contributed by atoms with E-state index in [2.05, 4.69) is 52.0 Å². The van der Waals surface area contributed by atoms with Gasteiger partial charge in [-0.3, -0.25) is 4.90 Å². The van der Waals surface area contributed by atoms with E-state index in [4.69, 9.17) is 4.74 Å². The van der Waals surface area contributed by atoms with Gasteiger partial charge in [0, 0.05) is 18.6 Å². The third-order valence-electron chi connectivity index (χ3n) is 4.19. The van der Waals surface area contributed by atoms with Gasteiger partial charge in [0.1, 0.15) is 0 Å². The molecule has 0 aromatic heterocycles. The second kappa shape index (κ2) is 6.88. The largest absolute Gasteiger partial charge is 0.377 e. The van der Waals surface area contributed by atoms with Crippen molar-refractivity contribution >= 4 is 0 Å². The quantitative estimate of drug-likeness (QED) is 0.790. The van der Waals surface area contributed by atoms with E-state index >= 15 is 0 Å². The predicted octanol–water partition coefficient (Wildman–Crippen LogP) is 2.51. The van der Waals surface area contributed by atoms with Gasteiger partial charge in [-0.15, -0.1) is 0 Å². The van der Waals surface area contributed by atoms with Gasteiger partial charge in [-0.2, -0.15) is 0 Å². The molecular weight excluding hydrogens is 224 g/mol. The number of nitrogens with zero attached hydrogens (tertiary/aromatic N) is 1. The number of nitrogens with one attached hydrogen (secondary N) is 1. The lowest BCUT2D eigenvalue weighted by molar-refractivity contribution is 0.0318. The Morgan fingerprint density at radius 3 is 2.61 bits per heavy atom. The zero-order valence-corrected chi connectivity index (χ0v) is 13.1. The number of hydrogen-bond donors (Lipinski definition) is 1. The lowest BCUT2D eigenvalue weighted by atomic mass is 9.72. The van der Waals surface area contributed by atoms with Crippen LogP contribution in [0.2, 0.25) is 0 Å². The normalized spacial score (nSPS) is 28.0. The number of ether oxygens (including phenoxy) is 1. The van der Waals surface area contributed by atoms with Crippen molar-refractivity contribution in [3.63, 3.8) is 0 Å². The summed E-state index contributed by atoms with van der Waals surface area (Å²) >= 11 is 0. The van der Waals surface area contributed by atoms with Crippen LogP contribution >= 0.6 is 0 Å². The Bertz CT molecular complexity index is 241. The van der Waals surface area contributed by atoms with Gasteiger partial charge in [0.2, 0.25) is 0 Å². The van der Waals surface area contributed by atoms with Crippen LogP contribution in [0.3, 0.4) is 0 Å². The minimum Gasteiger partial charge on any atom is -0.377 e. The molecule has 0 bridgehead atoms. The molecule has 108 valence electrons. The van der Waals surface area contributed by atoms with E-state index in [0.29, 0.717) is 23.6 Å². The van der Waals surface area contributed by atoms with Crippen molar-refractivity contribution in [2.75, 3.05) is 27.2 Å². The molecule has 2 atom stereocenters. The summed E-state index contributed by atoms with van der Waals surface area (Å²) in [6, 6.07) is 1.26. The highest BCUT2D eigenvalue weighted by molar-refractivity contribution is 4.93. The van der Waals surface area contributed by atoms with Crippen LogP contribution in [0.1, 0.15) is 47.0 Å². The fourth-order valence-electron chi connectivity index (χ4n) is 2.95. The molecule has 0 heterocycles. The van der Waals surface area contributed by atoms with Crippen LogP contribution in [0.25, 0.3) is 0 Å². The summed E-state index contributed by atoms with van der Waals surface area (Å²) in [5, 5.41) is 3.49. The monoisotopic (exact) mass is 256 g/mol. The molecule has 1 aliphatic carbocycles. The fourth-order valence-corrected chi connectivity index (χ4v) is 2.95. The Labute approximate surface area is 113 Å². The first kappa shape index (κ1) is 15.9. The Kier molecular flexibility index (Phi) is 6.09. The second-order valence-corrected chi connectivity index (χ2v) is 6.77. The van der Waals surface area contributed by atoms with Gasteiger partial charge in [0.05, 0.1) is 12.7 Å². The molecule has 3 nitrogen and oxygen atoms in total. The fraction of sp³-hybridized carbons (Fsp3) is 1.00. The average Bonchev–Trinajstić information content (AvgIpc) is 2.27. The van der Waals surface area contributed by atoms with Gasteiger partial charge in [-0.05, 0) is 52.6 Å². The molecule has 18 heavy (non-hydrogen) atoms. The van der Waals surface area contributed by atoms with Crippen LogP contribution in [0.4, 0.5) is 0 Å². The topological polar surface area (TPSA) is 24.5 Å². The molecule has 0 aromatic carbocycles. The van der Waals surface area contributed by atoms with Crippen molar-refractivity contribution in [3.8, 4) is 0 Å². The summed E-state index contributed by atoms with van der Waals surface area (Å²) in [5.41, 5.74) is 0.477. The van der Waals surface area contributed by atoms with Gasteiger partial charge in [-0.25, -0.2) is 0 Å². The minimum absolute atomic E-state index is 0.335. The van der Waals surface area contributed by atoms with E-state index in [1.165, 1.54) is 19.3 Å². The van der Waals surface area contributed by atoms with Gasteiger partial charge >= 0.3 is 0 Å². The predicted molar refractivity (Wildman–Crippen MR) is 78.0 cm³/mol. The van der Waals surface area contributed by atoms with Crippen molar-refractivity contribution in [1.29, 1.82) is 0 Å². The molecule has 0 aromatic rings. The van der Waals surface area contributed by atoms with E-state index in [-0.39, 0.29) is 0 Å². The maximum Gasteiger partial charge on any atom is 0.0596 e. The molecule has 1 rings (SSSR count). The first-order valence-electron chi connectivity index (χ1n) is 7.35. The summed E-state index contributed by atoms with van der Waals surface area (Å²) in [4.78, 5) is 2.48. The molecule has 1 fully saturated rings. The molecule has 3 heteroatoms. The molecular formula is C15H32N2O. The average molecular weight is 256 g/mol. The Morgan fingerprint density at radius 2 is 2.06 bits per heavy atom. The van der Waals surface area contributed by atoms with Crippen LogP contribution in [0, 0.1) is 5.41 Å². The molecule has 0 aliphatic heterocycles. The van der Waals surface area contributed by atoms with E-state index in [0.717, 1.165) is 13.2 Å².